The van der Waals surface area contributed by atoms with E-state index in [2.05, 4.69) is 51.6 Å². The Kier molecular flexibility index (Phi) is 5.76. The van der Waals surface area contributed by atoms with Gasteiger partial charge in [-0.1, -0.05) is 45.7 Å². The van der Waals surface area contributed by atoms with Crippen LogP contribution in [0.4, 0.5) is 0 Å². The van der Waals surface area contributed by atoms with Crippen molar-refractivity contribution < 1.29 is 0 Å². The fourth-order valence-electron chi connectivity index (χ4n) is 1.71. The van der Waals surface area contributed by atoms with E-state index in [1.165, 1.54) is 10.5 Å². The highest BCUT2D eigenvalue weighted by Crippen LogP contribution is 2.28. The first-order chi connectivity index (χ1) is 9.19. The highest BCUT2D eigenvalue weighted by molar-refractivity contribution is 9.10. The zero-order valence-corrected chi connectivity index (χ0v) is 13.8. The minimum Gasteiger partial charge on any atom is -0.316 e. The van der Waals surface area contributed by atoms with Gasteiger partial charge in [0.25, 0.3) is 0 Å². The summed E-state index contributed by atoms with van der Waals surface area (Å²) in [6, 6.07) is 14.7. The lowest BCUT2D eigenvalue weighted by molar-refractivity contribution is 0.817. The van der Waals surface area contributed by atoms with Gasteiger partial charge in [0.1, 0.15) is 0 Å². The predicted octanol–water partition coefficient (Wildman–Crippen LogP) is 5.11. The Bertz CT molecular complexity index is 542. The number of halogens is 2. The average molecular weight is 357 g/mol. The van der Waals surface area contributed by atoms with Gasteiger partial charge in [0.2, 0.25) is 0 Å². The summed E-state index contributed by atoms with van der Waals surface area (Å²) < 4.78 is 1.02. The van der Waals surface area contributed by atoms with Crippen molar-refractivity contribution in [3.8, 4) is 0 Å². The van der Waals surface area contributed by atoms with Gasteiger partial charge in [-0.3, -0.25) is 0 Å². The van der Waals surface area contributed by atoms with E-state index >= 15 is 0 Å². The number of hydrogen-bond acceptors (Lipinski definition) is 2. The third kappa shape index (κ3) is 4.53. The zero-order chi connectivity index (χ0) is 13.7. The van der Waals surface area contributed by atoms with Gasteiger partial charge in [-0.25, -0.2) is 0 Å². The maximum absolute atomic E-state index is 6.21. The second-order valence-corrected chi connectivity index (χ2v) is 6.57. The lowest BCUT2D eigenvalue weighted by Gasteiger charge is -2.06. The van der Waals surface area contributed by atoms with Crippen LogP contribution in [0.1, 0.15) is 11.1 Å². The molecule has 0 unspecified atom stereocenters. The molecule has 100 valence electrons. The van der Waals surface area contributed by atoms with Gasteiger partial charge < -0.3 is 5.32 Å². The third-order valence-corrected chi connectivity index (χ3v) is 4.62. The second kappa shape index (κ2) is 7.34. The summed E-state index contributed by atoms with van der Waals surface area (Å²) in [5.41, 5.74) is 2.46. The molecule has 0 spiro atoms. The van der Waals surface area contributed by atoms with Crippen molar-refractivity contribution in [1.82, 2.24) is 5.32 Å². The summed E-state index contributed by atoms with van der Waals surface area (Å²) in [6.07, 6.45) is 0. The molecule has 0 atom stereocenters. The van der Waals surface area contributed by atoms with Crippen LogP contribution in [-0.2, 0) is 12.3 Å². The molecule has 0 aliphatic rings. The summed E-state index contributed by atoms with van der Waals surface area (Å²) in [5, 5.41) is 3.96. The summed E-state index contributed by atoms with van der Waals surface area (Å²) in [5.74, 6) is 0.886. The van der Waals surface area contributed by atoms with Gasteiger partial charge in [0.15, 0.2) is 0 Å². The Hall–Kier alpha value is -0.480. The molecule has 19 heavy (non-hydrogen) atoms. The quantitative estimate of drug-likeness (QED) is 0.747. The molecule has 1 nitrogen and oxygen atoms in total. The zero-order valence-electron chi connectivity index (χ0n) is 10.6. The van der Waals surface area contributed by atoms with Crippen LogP contribution >= 0.6 is 39.3 Å². The van der Waals surface area contributed by atoms with Gasteiger partial charge in [-0.15, -0.1) is 11.8 Å². The second-order valence-electron chi connectivity index (χ2n) is 4.20. The van der Waals surface area contributed by atoms with Crippen molar-refractivity contribution in [2.75, 3.05) is 7.05 Å². The Morgan fingerprint density at radius 2 is 1.89 bits per heavy atom. The number of hydrogen-bond donors (Lipinski definition) is 1. The molecule has 0 aromatic heterocycles. The van der Waals surface area contributed by atoms with Crippen LogP contribution in [0.25, 0.3) is 0 Å². The maximum atomic E-state index is 6.21. The first-order valence-corrected chi connectivity index (χ1v) is 8.15. The van der Waals surface area contributed by atoms with Crippen molar-refractivity contribution in [2.24, 2.45) is 0 Å². The average Bonchev–Trinajstić information content (AvgIpc) is 2.40. The van der Waals surface area contributed by atoms with Crippen LogP contribution in [0.3, 0.4) is 0 Å². The standard InChI is InChI=1S/C15H15BrClNS/c1-18-9-11-2-6-14(7-3-11)19-10-12-4-5-13(16)8-15(12)17/h2-8,18H,9-10H2,1H3. The van der Waals surface area contributed by atoms with Gasteiger partial charge in [-0.05, 0) is 42.4 Å². The minimum atomic E-state index is 0.814. The lowest BCUT2D eigenvalue weighted by Crippen LogP contribution is -2.04. The molecule has 0 radical (unpaired) electrons. The minimum absolute atomic E-state index is 0.814. The van der Waals surface area contributed by atoms with E-state index < -0.39 is 0 Å². The Morgan fingerprint density at radius 1 is 1.16 bits per heavy atom. The Morgan fingerprint density at radius 3 is 2.53 bits per heavy atom. The molecule has 0 saturated carbocycles. The van der Waals surface area contributed by atoms with E-state index in [0.29, 0.717) is 0 Å². The smallest absolute Gasteiger partial charge is 0.0457 e. The van der Waals surface area contributed by atoms with Crippen LogP contribution in [0.5, 0.6) is 0 Å². The van der Waals surface area contributed by atoms with E-state index in [-0.39, 0.29) is 0 Å². The first-order valence-electron chi connectivity index (χ1n) is 5.99. The van der Waals surface area contributed by atoms with Gasteiger partial charge >= 0.3 is 0 Å². The van der Waals surface area contributed by atoms with Crippen LogP contribution in [0.15, 0.2) is 51.8 Å². The van der Waals surface area contributed by atoms with E-state index in [0.717, 1.165) is 27.4 Å². The molecule has 2 aromatic carbocycles. The predicted molar refractivity (Wildman–Crippen MR) is 87.9 cm³/mol. The molecule has 2 aromatic rings. The first kappa shape index (κ1) is 14.9. The van der Waals surface area contributed by atoms with E-state index in [1.807, 2.05) is 19.2 Å². The summed E-state index contributed by atoms with van der Waals surface area (Å²) in [6.45, 7) is 0.906. The summed E-state index contributed by atoms with van der Waals surface area (Å²) >= 11 is 11.4. The SMILES string of the molecule is CNCc1ccc(SCc2ccc(Br)cc2Cl)cc1. The molecular formula is C15H15BrClNS. The molecule has 0 heterocycles. The van der Waals surface area contributed by atoms with Gasteiger partial charge in [0.05, 0.1) is 0 Å². The van der Waals surface area contributed by atoms with Crippen molar-refractivity contribution >= 4 is 39.3 Å². The lowest BCUT2D eigenvalue weighted by atomic mass is 10.2. The van der Waals surface area contributed by atoms with Crippen molar-refractivity contribution in [1.29, 1.82) is 0 Å². The normalized spacial score (nSPS) is 10.7. The van der Waals surface area contributed by atoms with Gasteiger partial charge in [0, 0.05) is 26.7 Å². The topological polar surface area (TPSA) is 12.0 Å². The monoisotopic (exact) mass is 355 g/mol. The number of rotatable bonds is 5. The molecule has 1 N–H and O–H groups in total. The number of nitrogens with one attached hydrogen (secondary N) is 1. The van der Waals surface area contributed by atoms with E-state index in [4.69, 9.17) is 11.6 Å². The van der Waals surface area contributed by atoms with Crippen LogP contribution in [0.2, 0.25) is 5.02 Å². The van der Waals surface area contributed by atoms with Crippen LogP contribution in [0, 0.1) is 0 Å². The van der Waals surface area contributed by atoms with E-state index in [1.54, 1.807) is 11.8 Å². The highest BCUT2D eigenvalue weighted by atomic mass is 79.9. The molecule has 4 heteroatoms. The Balaban J connectivity index is 1.98. The molecule has 2 rings (SSSR count). The largest absolute Gasteiger partial charge is 0.316 e. The molecule has 0 saturated heterocycles. The van der Waals surface area contributed by atoms with E-state index in [9.17, 15) is 0 Å². The fraction of sp³-hybridized carbons (Fsp3) is 0.200. The van der Waals surface area contributed by atoms with Crippen molar-refractivity contribution in [3.63, 3.8) is 0 Å². The highest BCUT2D eigenvalue weighted by Gasteiger charge is 2.02. The summed E-state index contributed by atoms with van der Waals surface area (Å²) in [7, 11) is 1.96. The van der Waals surface area contributed by atoms with Crippen molar-refractivity contribution in [2.45, 2.75) is 17.2 Å². The molecular weight excluding hydrogens is 342 g/mol. The fourth-order valence-corrected chi connectivity index (χ4v) is 3.43. The number of thioether (sulfide) groups is 1. The van der Waals surface area contributed by atoms with Crippen LogP contribution in [-0.4, -0.2) is 7.05 Å². The molecule has 0 bridgehead atoms. The van der Waals surface area contributed by atoms with Gasteiger partial charge in [-0.2, -0.15) is 0 Å². The Labute approximate surface area is 131 Å². The molecule has 0 aliphatic carbocycles. The summed E-state index contributed by atoms with van der Waals surface area (Å²) in [4.78, 5) is 1.26. The van der Waals surface area contributed by atoms with Crippen molar-refractivity contribution in [3.05, 3.63) is 63.1 Å². The molecule has 0 fully saturated rings. The molecule has 0 amide bonds. The third-order valence-electron chi connectivity index (χ3n) is 2.71. The molecule has 0 aliphatic heterocycles. The van der Waals surface area contributed by atoms with Crippen LogP contribution < -0.4 is 5.32 Å². The maximum Gasteiger partial charge on any atom is 0.0457 e. The number of benzene rings is 2.